The maximum absolute atomic E-state index is 12.6. The van der Waals surface area contributed by atoms with Crippen LogP contribution in [0.2, 0.25) is 0 Å². The van der Waals surface area contributed by atoms with Gasteiger partial charge in [-0.05, 0) is 33.4 Å². The van der Waals surface area contributed by atoms with Crippen molar-refractivity contribution in [3.05, 3.63) is 108 Å². The molecule has 37 heavy (non-hydrogen) atoms. The van der Waals surface area contributed by atoms with Gasteiger partial charge in [-0.3, -0.25) is 0 Å². The van der Waals surface area contributed by atoms with Crippen LogP contribution in [0.25, 0.3) is 11.1 Å². The van der Waals surface area contributed by atoms with Gasteiger partial charge in [0.25, 0.3) is 0 Å². The zero-order chi connectivity index (χ0) is 26.2. The summed E-state index contributed by atoms with van der Waals surface area (Å²) in [5.41, 5.74) is 5.82. The third-order valence-corrected chi connectivity index (χ3v) is 6.13. The van der Waals surface area contributed by atoms with Crippen LogP contribution in [0.1, 0.15) is 28.2 Å². The molecule has 0 unspecified atom stereocenters. The smallest absolute Gasteiger partial charge is 0.407 e. The molecule has 3 aromatic carbocycles. The van der Waals surface area contributed by atoms with E-state index in [1.165, 1.54) is 6.08 Å². The Kier molecular flexibility index (Phi) is 8.20. The van der Waals surface area contributed by atoms with Crippen LogP contribution in [0.3, 0.4) is 0 Å². The number of carboxylic acid groups (broad SMARTS) is 1. The summed E-state index contributed by atoms with van der Waals surface area (Å²) in [5, 5.41) is 14.8. The fraction of sp³-hybridized carbons (Fsp3) is 0.207. The molecule has 0 saturated heterocycles. The number of benzene rings is 3. The number of hydrogen-bond donors (Lipinski definition) is 3. The Morgan fingerprint density at radius 2 is 1.54 bits per heavy atom. The first-order valence-electron chi connectivity index (χ1n) is 11.9. The lowest BCUT2D eigenvalue weighted by Gasteiger charge is -2.18. The standard InChI is InChI=1S/C29H28N2O6/c1-2-14-36-28(34)30-17-20-9-7-8-19(15-20)16-26(27(32)33)31-29(35)37-18-25-23-12-5-3-10-21(23)22-11-4-6-13-24(22)25/h2-13,15,25-26H,1,14,16-18H2,(H,30,34)(H,31,35)(H,32,33)/t26-/m0/s1. The topological polar surface area (TPSA) is 114 Å². The van der Waals surface area contributed by atoms with Crippen molar-refractivity contribution in [1.29, 1.82) is 0 Å². The molecule has 2 amide bonds. The van der Waals surface area contributed by atoms with Gasteiger partial charge in [-0.25, -0.2) is 14.4 Å². The van der Waals surface area contributed by atoms with Gasteiger partial charge in [-0.2, -0.15) is 0 Å². The van der Waals surface area contributed by atoms with Crippen molar-refractivity contribution in [2.24, 2.45) is 0 Å². The lowest BCUT2D eigenvalue weighted by molar-refractivity contribution is -0.139. The number of carbonyl (C=O) groups excluding carboxylic acids is 2. The molecule has 0 saturated carbocycles. The van der Waals surface area contributed by atoms with Crippen LogP contribution < -0.4 is 10.6 Å². The first-order valence-corrected chi connectivity index (χ1v) is 11.9. The van der Waals surface area contributed by atoms with Crippen LogP contribution in [0.4, 0.5) is 9.59 Å². The summed E-state index contributed by atoms with van der Waals surface area (Å²) in [6, 6.07) is 21.9. The van der Waals surface area contributed by atoms with Crippen molar-refractivity contribution in [3.8, 4) is 11.1 Å². The average Bonchev–Trinajstić information content (AvgIpc) is 3.23. The van der Waals surface area contributed by atoms with Gasteiger partial charge in [0.1, 0.15) is 19.3 Å². The van der Waals surface area contributed by atoms with Crippen LogP contribution in [-0.4, -0.2) is 42.5 Å². The predicted molar refractivity (Wildman–Crippen MR) is 138 cm³/mol. The highest BCUT2D eigenvalue weighted by molar-refractivity contribution is 5.81. The summed E-state index contributed by atoms with van der Waals surface area (Å²) in [4.78, 5) is 36.1. The lowest BCUT2D eigenvalue weighted by atomic mass is 9.98. The number of carbonyl (C=O) groups is 3. The summed E-state index contributed by atoms with van der Waals surface area (Å²) in [6.45, 7) is 3.89. The van der Waals surface area contributed by atoms with Gasteiger partial charge < -0.3 is 25.2 Å². The van der Waals surface area contributed by atoms with E-state index in [-0.39, 0.29) is 32.1 Å². The maximum atomic E-state index is 12.6. The normalized spacial score (nSPS) is 12.5. The fourth-order valence-corrected chi connectivity index (χ4v) is 4.44. The van der Waals surface area contributed by atoms with Gasteiger partial charge >= 0.3 is 18.2 Å². The van der Waals surface area contributed by atoms with Gasteiger partial charge in [0.2, 0.25) is 0 Å². The van der Waals surface area contributed by atoms with E-state index in [1.54, 1.807) is 24.3 Å². The van der Waals surface area contributed by atoms with E-state index < -0.39 is 24.2 Å². The van der Waals surface area contributed by atoms with Gasteiger partial charge in [0.15, 0.2) is 0 Å². The third kappa shape index (κ3) is 6.35. The molecule has 8 heteroatoms. The van der Waals surface area contributed by atoms with Crippen LogP contribution in [0.15, 0.2) is 85.5 Å². The molecule has 0 bridgehead atoms. The summed E-state index contributed by atoms with van der Waals surface area (Å²) in [6.07, 6.45) is 0.145. The Balaban J connectivity index is 1.35. The van der Waals surface area contributed by atoms with Crippen LogP contribution in [-0.2, 0) is 27.2 Å². The second-order valence-electron chi connectivity index (χ2n) is 8.63. The van der Waals surface area contributed by atoms with E-state index in [2.05, 4.69) is 17.2 Å². The molecule has 1 aliphatic rings. The molecule has 190 valence electrons. The minimum Gasteiger partial charge on any atom is -0.480 e. The Hall–Kier alpha value is -4.59. The molecule has 0 spiro atoms. The molecule has 0 radical (unpaired) electrons. The highest BCUT2D eigenvalue weighted by Gasteiger charge is 2.29. The highest BCUT2D eigenvalue weighted by Crippen LogP contribution is 2.44. The first kappa shape index (κ1) is 25.5. The SMILES string of the molecule is C=CCOC(=O)NCc1cccc(C[C@H](NC(=O)OCC2c3ccccc3-c3ccccc32)C(=O)O)c1. The quantitative estimate of drug-likeness (QED) is 0.350. The van der Waals surface area contributed by atoms with Crippen molar-refractivity contribution < 1.29 is 29.0 Å². The molecule has 8 nitrogen and oxygen atoms in total. The summed E-state index contributed by atoms with van der Waals surface area (Å²) < 4.78 is 10.4. The van der Waals surface area contributed by atoms with E-state index in [0.717, 1.165) is 27.8 Å². The van der Waals surface area contributed by atoms with Crippen molar-refractivity contribution >= 4 is 18.2 Å². The number of rotatable bonds is 10. The molecule has 1 atom stereocenters. The molecule has 1 aliphatic carbocycles. The Morgan fingerprint density at radius 1 is 0.892 bits per heavy atom. The minimum atomic E-state index is -1.18. The lowest BCUT2D eigenvalue weighted by Crippen LogP contribution is -2.43. The molecule has 0 aliphatic heterocycles. The van der Waals surface area contributed by atoms with Crippen LogP contribution in [0, 0.1) is 0 Å². The minimum absolute atomic E-state index is 0.0499. The van der Waals surface area contributed by atoms with Gasteiger partial charge in [-0.15, -0.1) is 0 Å². The zero-order valence-corrected chi connectivity index (χ0v) is 20.2. The van der Waals surface area contributed by atoms with E-state index in [0.29, 0.717) is 5.56 Å². The third-order valence-electron chi connectivity index (χ3n) is 6.13. The predicted octanol–water partition coefficient (Wildman–Crippen LogP) is 4.63. The maximum Gasteiger partial charge on any atom is 0.407 e. The zero-order valence-electron chi connectivity index (χ0n) is 20.2. The molecular formula is C29H28N2O6. The van der Waals surface area contributed by atoms with Crippen molar-refractivity contribution in [2.45, 2.75) is 24.9 Å². The fourth-order valence-electron chi connectivity index (χ4n) is 4.44. The largest absolute Gasteiger partial charge is 0.480 e. The summed E-state index contributed by atoms with van der Waals surface area (Å²) >= 11 is 0. The number of nitrogens with one attached hydrogen (secondary N) is 2. The van der Waals surface area contributed by atoms with Gasteiger partial charge in [0, 0.05) is 18.9 Å². The van der Waals surface area contributed by atoms with Crippen LogP contribution in [0.5, 0.6) is 0 Å². The van der Waals surface area contributed by atoms with E-state index >= 15 is 0 Å². The molecule has 0 aromatic heterocycles. The van der Waals surface area contributed by atoms with Crippen molar-refractivity contribution in [3.63, 3.8) is 0 Å². The molecule has 3 N–H and O–H groups in total. The second kappa shape index (κ2) is 11.9. The molecule has 0 heterocycles. The van der Waals surface area contributed by atoms with E-state index in [4.69, 9.17) is 9.47 Å². The Bertz CT molecular complexity index is 1260. The monoisotopic (exact) mass is 500 g/mol. The van der Waals surface area contributed by atoms with Gasteiger partial charge in [-0.1, -0.05) is 85.5 Å². The van der Waals surface area contributed by atoms with Gasteiger partial charge in [0.05, 0.1) is 0 Å². The van der Waals surface area contributed by atoms with E-state index in [1.807, 2.05) is 48.5 Å². The number of carboxylic acids is 1. The summed E-state index contributed by atoms with van der Waals surface area (Å²) in [5.74, 6) is -1.30. The highest BCUT2D eigenvalue weighted by atomic mass is 16.6. The number of ether oxygens (including phenoxy) is 2. The van der Waals surface area contributed by atoms with E-state index in [9.17, 15) is 19.5 Å². The second-order valence-corrected chi connectivity index (χ2v) is 8.63. The molecule has 4 rings (SSSR count). The van der Waals surface area contributed by atoms with Crippen molar-refractivity contribution in [1.82, 2.24) is 10.6 Å². The summed E-state index contributed by atoms with van der Waals surface area (Å²) in [7, 11) is 0. The average molecular weight is 501 g/mol. The number of fused-ring (bicyclic) bond motifs is 3. The number of alkyl carbamates (subject to hydrolysis) is 2. The molecule has 3 aromatic rings. The molecular weight excluding hydrogens is 472 g/mol. The van der Waals surface area contributed by atoms with Crippen molar-refractivity contribution in [2.75, 3.05) is 13.2 Å². The number of hydrogen-bond acceptors (Lipinski definition) is 5. The Morgan fingerprint density at radius 3 is 2.19 bits per heavy atom. The first-order chi connectivity index (χ1) is 18.0. The van der Waals surface area contributed by atoms with Crippen LogP contribution >= 0.6 is 0 Å². The number of aliphatic carboxylic acids is 1. The number of amides is 2. The molecule has 0 fully saturated rings. The Labute approximate surface area is 214 Å².